The molecule has 5 nitrogen and oxygen atoms in total. The molecule has 0 heterocycles. The molecule has 0 saturated heterocycles. The van der Waals surface area contributed by atoms with Gasteiger partial charge in [-0.15, -0.1) is 0 Å². The molecule has 6 heteroatoms. The average molecular weight is 397 g/mol. The lowest BCUT2D eigenvalue weighted by molar-refractivity contribution is 0.304. The van der Waals surface area contributed by atoms with Crippen molar-refractivity contribution in [1.29, 1.82) is 0 Å². The van der Waals surface area contributed by atoms with E-state index in [2.05, 4.69) is 4.72 Å². The van der Waals surface area contributed by atoms with Crippen LogP contribution in [0.15, 0.2) is 77.7 Å². The molecule has 3 aromatic rings. The molecule has 0 aliphatic heterocycles. The Labute approximate surface area is 166 Å². The SMILES string of the molecule is CCOc1ccc(OCc2cccc(NS(=O)(=O)c3ccc(C)cc3)c2)cc1. The molecule has 146 valence electrons. The van der Waals surface area contributed by atoms with Crippen LogP contribution in [0.3, 0.4) is 0 Å². The highest BCUT2D eigenvalue weighted by atomic mass is 32.2. The zero-order chi connectivity index (χ0) is 20.0. The maximum absolute atomic E-state index is 12.5. The van der Waals surface area contributed by atoms with Crippen LogP contribution >= 0.6 is 0 Å². The molecule has 0 fully saturated rings. The summed E-state index contributed by atoms with van der Waals surface area (Å²) >= 11 is 0. The van der Waals surface area contributed by atoms with E-state index in [4.69, 9.17) is 9.47 Å². The van der Waals surface area contributed by atoms with Crippen molar-refractivity contribution >= 4 is 15.7 Å². The lowest BCUT2D eigenvalue weighted by Crippen LogP contribution is -2.13. The van der Waals surface area contributed by atoms with Crippen LogP contribution in [0.4, 0.5) is 5.69 Å². The maximum Gasteiger partial charge on any atom is 0.261 e. The molecular formula is C22H23NO4S. The van der Waals surface area contributed by atoms with Crippen molar-refractivity contribution in [2.24, 2.45) is 0 Å². The second-order valence-electron chi connectivity index (χ2n) is 6.31. The quantitative estimate of drug-likeness (QED) is 0.594. The number of hydrogen-bond donors (Lipinski definition) is 1. The zero-order valence-electron chi connectivity index (χ0n) is 15.9. The van der Waals surface area contributed by atoms with E-state index in [0.717, 1.165) is 16.9 Å². The van der Waals surface area contributed by atoms with Crippen molar-refractivity contribution in [3.63, 3.8) is 0 Å². The zero-order valence-corrected chi connectivity index (χ0v) is 16.7. The Morgan fingerprint density at radius 3 is 2.14 bits per heavy atom. The summed E-state index contributed by atoms with van der Waals surface area (Å²) < 4.78 is 38.9. The summed E-state index contributed by atoms with van der Waals surface area (Å²) in [6.07, 6.45) is 0. The first kappa shape index (κ1) is 19.8. The van der Waals surface area contributed by atoms with E-state index in [1.165, 1.54) is 0 Å². The van der Waals surface area contributed by atoms with Gasteiger partial charge in [0, 0.05) is 5.69 Å². The molecule has 0 atom stereocenters. The molecule has 0 spiro atoms. The molecule has 0 amide bonds. The number of aryl methyl sites for hydroxylation is 1. The first-order valence-corrected chi connectivity index (χ1v) is 10.5. The predicted octanol–water partition coefficient (Wildman–Crippen LogP) is 4.77. The second-order valence-corrected chi connectivity index (χ2v) is 7.99. The molecule has 3 aromatic carbocycles. The Morgan fingerprint density at radius 1 is 0.857 bits per heavy atom. The summed E-state index contributed by atoms with van der Waals surface area (Å²) in [4.78, 5) is 0.231. The second kappa shape index (κ2) is 8.80. The Balaban J connectivity index is 1.65. The molecule has 0 saturated carbocycles. The third-order valence-corrected chi connectivity index (χ3v) is 5.45. The monoisotopic (exact) mass is 397 g/mol. The number of anilines is 1. The van der Waals surface area contributed by atoms with E-state index in [1.807, 2.05) is 44.2 Å². The van der Waals surface area contributed by atoms with E-state index in [9.17, 15) is 8.42 Å². The van der Waals surface area contributed by atoms with Gasteiger partial charge in [0.1, 0.15) is 18.1 Å². The highest BCUT2D eigenvalue weighted by Gasteiger charge is 2.14. The van der Waals surface area contributed by atoms with Crippen LogP contribution < -0.4 is 14.2 Å². The number of ether oxygens (including phenoxy) is 2. The Morgan fingerprint density at radius 2 is 1.50 bits per heavy atom. The van der Waals surface area contributed by atoms with Crippen LogP contribution in [-0.4, -0.2) is 15.0 Å². The fourth-order valence-electron chi connectivity index (χ4n) is 2.62. The molecule has 0 aromatic heterocycles. The number of hydrogen-bond acceptors (Lipinski definition) is 4. The molecule has 0 aliphatic rings. The van der Waals surface area contributed by atoms with Gasteiger partial charge in [-0.1, -0.05) is 29.8 Å². The van der Waals surface area contributed by atoms with E-state index >= 15 is 0 Å². The summed E-state index contributed by atoms with van der Waals surface area (Å²) in [6, 6.07) is 21.3. The normalized spacial score (nSPS) is 11.1. The first-order chi connectivity index (χ1) is 13.5. The molecule has 3 rings (SSSR count). The largest absolute Gasteiger partial charge is 0.494 e. The number of sulfonamides is 1. The van der Waals surface area contributed by atoms with Crippen LogP contribution in [0.1, 0.15) is 18.1 Å². The molecule has 0 aliphatic carbocycles. The standard InChI is InChI=1S/C22H23NO4S/c1-3-26-20-9-11-21(12-10-20)27-16-18-5-4-6-19(15-18)23-28(24,25)22-13-7-17(2)8-14-22/h4-15,23H,3,16H2,1-2H3. The van der Waals surface area contributed by atoms with Gasteiger partial charge in [-0.2, -0.15) is 0 Å². The lowest BCUT2D eigenvalue weighted by atomic mass is 10.2. The van der Waals surface area contributed by atoms with Crippen molar-refractivity contribution in [2.45, 2.75) is 25.3 Å². The van der Waals surface area contributed by atoms with Crippen molar-refractivity contribution in [3.8, 4) is 11.5 Å². The highest BCUT2D eigenvalue weighted by molar-refractivity contribution is 7.92. The number of rotatable bonds is 8. The Bertz CT molecular complexity index is 1010. The van der Waals surface area contributed by atoms with Gasteiger partial charge in [-0.3, -0.25) is 4.72 Å². The Kier molecular flexibility index (Phi) is 6.21. The minimum absolute atomic E-state index is 0.231. The molecular weight excluding hydrogens is 374 g/mol. The molecule has 28 heavy (non-hydrogen) atoms. The number of benzene rings is 3. The lowest BCUT2D eigenvalue weighted by Gasteiger charge is -2.11. The highest BCUT2D eigenvalue weighted by Crippen LogP contribution is 2.21. The van der Waals surface area contributed by atoms with Gasteiger partial charge in [-0.05, 0) is 67.9 Å². The van der Waals surface area contributed by atoms with E-state index < -0.39 is 10.0 Å². The van der Waals surface area contributed by atoms with Crippen molar-refractivity contribution in [2.75, 3.05) is 11.3 Å². The minimum atomic E-state index is -3.63. The van der Waals surface area contributed by atoms with Crippen LogP contribution in [-0.2, 0) is 16.6 Å². The number of nitrogens with one attached hydrogen (secondary N) is 1. The van der Waals surface area contributed by atoms with E-state index in [-0.39, 0.29) is 4.90 Å². The smallest absolute Gasteiger partial charge is 0.261 e. The summed E-state index contributed by atoms with van der Waals surface area (Å²) in [6.45, 7) is 4.79. The first-order valence-electron chi connectivity index (χ1n) is 9.00. The molecule has 0 radical (unpaired) electrons. The molecule has 0 bridgehead atoms. The molecule has 1 N–H and O–H groups in total. The third kappa shape index (κ3) is 5.27. The average Bonchev–Trinajstić information content (AvgIpc) is 2.68. The fourth-order valence-corrected chi connectivity index (χ4v) is 3.67. The van der Waals surface area contributed by atoms with E-state index in [0.29, 0.717) is 24.7 Å². The Hall–Kier alpha value is -2.99. The maximum atomic E-state index is 12.5. The third-order valence-electron chi connectivity index (χ3n) is 4.05. The summed E-state index contributed by atoms with van der Waals surface area (Å²) in [5, 5.41) is 0. The predicted molar refractivity (Wildman–Crippen MR) is 110 cm³/mol. The van der Waals surface area contributed by atoms with Gasteiger partial charge in [0.2, 0.25) is 0 Å². The van der Waals surface area contributed by atoms with Gasteiger partial charge in [0.05, 0.1) is 11.5 Å². The molecule has 0 unspecified atom stereocenters. The summed E-state index contributed by atoms with van der Waals surface area (Å²) in [5.74, 6) is 1.51. The van der Waals surface area contributed by atoms with Gasteiger partial charge in [0.25, 0.3) is 10.0 Å². The minimum Gasteiger partial charge on any atom is -0.494 e. The topological polar surface area (TPSA) is 64.6 Å². The van der Waals surface area contributed by atoms with Gasteiger partial charge >= 0.3 is 0 Å². The van der Waals surface area contributed by atoms with Crippen LogP contribution in [0, 0.1) is 6.92 Å². The summed E-state index contributed by atoms with van der Waals surface area (Å²) in [7, 11) is -3.63. The summed E-state index contributed by atoms with van der Waals surface area (Å²) in [5.41, 5.74) is 2.36. The van der Waals surface area contributed by atoms with Crippen molar-refractivity contribution < 1.29 is 17.9 Å². The van der Waals surface area contributed by atoms with Crippen LogP contribution in [0.5, 0.6) is 11.5 Å². The van der Waals surface area contributed by atoms with E-state index in [1.54, 1.807) is 42.5 Å². The van der Waals surface area contributed by atoms with Crippen molar-refractivity contribution in [3.05, 3.63) is 83.9 Å². The van der Waals surface area contributed by atoms with Crippen LogP contribution in [0.25, 0.3) is 0 Å². The fraction of sp³-hybridized carbons (Fsp3) is 0.182. The van der Waals surface area contributed by atoms with Crippen molar-refractivity contribution in [1.82, 2.24) is 0 Å². The van der Waals surface area contributed by atoms with Crippen LogP contribution in [0.2, 0.25) is 0 Å². The van der Waals surface area contributed by atoms with Gasteiger partial charge in [0.15, 0.2) is 0 Å². The van der Waals surface area contributed by atoms with Gasteiger partial charge < -0.3 is 9.47 Å². The van der Waals surface area contributed by atoms with Gasteiger partial charge in [-0.25, -0.2) is 8.42 Å².